The minimum absolute atomic E-state index is 0.526. The summed E-state index contributed by atoms with van der Waals surface area (Å²) in [6.45, 7) is 0. The molecule has 0 bridgehead atoms. The van der Waals surface area contributed by atoms with Gasteiger partial charge in [0.15, 0.2) is 11.1 Å². The first kappa shape index (κ1) is 13.0. The molecule has 3 aromatic rings. The van der Waals surface area contributed by atoms with Crippen molar-refractivity contribution < 1.29 is 8.76 Å². The van der Waals surface area contributed by atoms with Crippen LogP contribution in [0.5, 0.6) is 0 Å². The van der Waals surface area contributed by atoms with Crippen molar-refractivity contribution in [2.75, 3.05) is 0 Å². The average molecular weight is 282 g/mol. The highest BCUT2D eigenvalue weighted by Crippen LogP contribution is 2.32. The Labute approximate surface area is 120 Å². The fraction of sp³-hybridized carbons (Fsp3) is 0.0588. The van der Waals surface area contributed by atoms with Crippen LogP contribution in [0.4, 0.5) is 0 Å². The predicted molar refractivity (Wildman–Crippen MR) is 83.0 cm³/mol. The Balaban J connectivity index is 2.23. The summed E-state index contributed by atoms with van der Waals surface area (Å²) >= 11 is -1.96. The highest BCUT2D eigenvalue weighted by atomic mass is 32.2. The zero-order valence-electron chi connectivity index (χ0n) is 10.8. The minimum Gasteiger partial charge on any atom is -0.305 e. The Morgan fingerprint density at radius 1 is 0.800 bits per heavy atom. The van der Waals surface area contributed by atoms with Gasteiger partial charge in [0, 0.05) is 0 Å². The largest absolute Gasteiger partial charge is 0.305 e. The van der Waals surface area contributed by atoms with E-state index < -0.39 is 16.3 Å². The second-order valence-corrected chi connectivity index (χ2v) is 5.66. The predicted octanol–water partition coefficient (Wildman–Crippen LogP) is 4.15. The van der Waals surface area contributed by atoms with E-state index in [0.717, 1.165) is 21.9 Å². The van der Waals surface area contributed by atoms with Gasteiger partial charge < -0.3 is 4.55 Å². The third kappa shape index (κ3) is 2.38. The van der Waals surface area contributed by atoms with Gasteiger partial charge >= 0.3 is 0 Å². The second kappa shape index (κ2) is 5.57. The summed E-state index contributed by atoms with van der Waals surface area (Å²) in [7, 11) is 0. The first-order valence-electron chi connectivity index (χ1n) is 6.39. The molecule has 20 heavy (non-hydrogen) atoms. The Hall–Kier alpha value is -1.97. The summed E-state index contributed by atoms with van der Waals surface area (Å²) < 4.78 is 21.6. The van der Waals surface area contributed by atoms with E-state index in [1.54, 1.807) is 0 Å². The monoisotopic (exact) mass is 282 g/mol. The van der Waals surface area contributed by atoms with Crippen LogP contribution >= 0.6 is 0 Å². The first-order valence-corrected chi connectivity index (χ1v) is 7.56. The van der Waals surface area contributed by atoms with E-state index in [0.29, 0.717) is 0 Å². The van der Waals surface area contributed by atoms with Crippen molar-refractivity contribution in [2.24, 2.45) is 0 Å². The molecule has 2 unspecified atom stereocenters. The third-order valence-electron chi connectivity index (χ3n) is 3.41. The number of hydrogen-bond donors (Lipinski definition) is 1. The molecule has 2 nitrogen and oxygen atoms in total. The second-order valence-electron chi connectivity index (χ2n) is 4.64. The quantitative estimate of drug-likeness (QED) is 0.733. The van der Waals surface area contributed by atoms with Gasteiger partial charge in [0.25, 0.3) is 0 Å². The topological polar surface area (TPSA) is 37.3 Å². The molecule has 100 valence electrons. The zero-order chi connectivity index (χ0) is 13.9. The van der Waals surface area contributed by atoms with Gasteiger partial charge in [-0.25, -0.2) is 4.21 Å². The van der Waals surface area contributed by atoms with Crippen LogP contribution in [0, 0.1) is 0 Å². The molecular formula is C17H14O2S. The van der Waals surface area contributed by atoms with Gasteiger partial charge in [0.2, 0.25) is 0 Å². The fourth-order valence-electron chi connectivity index (χ4n) is 2.51. The molecule has 3 heteroatoms. The summed E-state index contributed by atoms with van der Waals surface area (Å²) in [6.07, 6.45) is 0. The number of rotatable bonds is 3. The Kier molecular flexibility index (Phi) is 3.63. The Morgan fingerprint density at radius 2 is 1.45 bits per heavy atom. The van der Waals surface area contributed by atoms with Crippen LogP contribution in [-0.2, 0) is 11.1 Å². The molecular weight excluding hydrogens is 268 g/mol. The molecule has 0 aliphatic rings. The van der Waals surface area contributed by atoms with E-state index in [1.807, 2.05) is 72.8 Å². The van der Waals surface area contributed by atoms with Crippen LogP contribution in [0.25, 0.3) is 10.8 Å². The first-order chi connectivity index (χ1) is 9.77. The van der Waals surface area contributed by atoms with Gasteiger partial charge in [-0.05, 0) is 21.9 Å². The van der Waals surface area contributed by atoms with E-state index in [-0.39, 0.29) is 0 Å². The van der Waals surface area contributed by atoms with Gasteiger partial charge in [-0.1, -0.05) is 72.8 Å². The fourth-order valence-corrected chi connectivity index (χ4v) is 3.32. The van der Waals surface area contributed by atoms with E-state index in [1.165, 1.54) is 0 Å². The number of fused-ring (bicyclic) bond motifs is 1. The molecule has 0 aliphatic carbocycles. The molecule has 0 spiro atoms. The van der Waals surface area contributed by atoms with Gasteiger partial charge in [0.1, 0.15) is 5.25 Å². The van der Waals surface area contributed by atoms with E-state index in [9.17, 15) is 8.76 Å². The molecule has 0 amide bonds. The minimum atomic E-state index is -1.96. The summed E-state index contributed by atoms with van der Waals surface area (Å²) in [5.74, 6) is 0. The van der Waals surface area contributed by atoms with E-state index in [4.69, 9.17) is 0 Å². The molecule has 0 saturated carbocycles. The lowest BCUT2D eigenvalue weighted by Gasteiger charge is -2.16. The van der Waals surface area contributed by atoms with Crippen LogP contribution in [0.3, 0.4) is 0 Å². The molecule has 2 atom stereocenters. The highest BCUT2D eigenvalue weighted by molar-refractivity contribution is 7.79. The van der Waals surface area contributed by atoms with Crippen LogP contribution < -0.4 is 0 Å². The maximum absolute atomic E-state index is 11.9. The lowest BCUT2D eigenvalue weighted by Crippen LogP contribution is -2.08. The summed E-state index contributed by atoms with van der Waals surface area (Å²) in [6, 6.07) is 23.3. The van der Waals surface area contributed by atoms with Gasteiger partial charge in [-0.2, -0.15) is 0 Å². The molecule has 3 aromatic carbocycles. The van der Waals surface area contributed by atoms with Crippen LogP contribution in [0.1, 0.15) is 16.4 Å². The molecule has 0 saturated heterocycles. The van der Waals surface area contributed by atoms with Crippen molar-refractivity contribution in [3.8, 4) is 0 Å². The zero-order valence-corrected chi connectivity index (χ0v) is 11.6. The van der Waals surface area contributed by atoms with Crippen molar-refractivity contribution in [1.29, 1.82) is 0 Å². The lowest BCUT2D eigenvalue weighted by atomic mass is 9.98. The molecule has 0 aliphatic heterocycles. The van der Waals surface area contributed by atoms with Crippen LogP contribution in [-0.4, -0.2) is 8.76 Å². The maximum Gasteiger partial charge on any atom is 0.165 e. The van der Waals surface area contributed by atoms with Crippen molar-refractivity contribution >= 4 is 21.9 Å². The van der Waals surface area contributed by atoms with Gasteiger partial charge in [-0.15, -0.1) is 0 Å². The molecule has 1 N–H and O–H groups in total. The Bertz CT molecular complexity index is 748. The van der Waals surface area contributed by atoms with Crippen LogP contribution in [0.15, 0.2) is 72.8 Å². The SMILES string of the molecule is O=S(O)C(c1ccccc1)c1cccc2ccccc12. The van der Waals surface area contributed by atoms with Crippen molar-refractivity contribution in [3.63, 3.8) is 0 Å². The normalized spacial score (nSPS) is 14.1. The smallest absolute Gasteiger partial charge is 0.165 e. The van der Waals surface area contributed by atoms with E-state index in [2.05, 4.69) is 0 Å². The molecule has 3 rings (SSSR count). The molecule has 0 heterocycles. The highest BCUT2D eigenvalue weighted by Gasteiger charge is 2.21. The standard InChI is InChI=1S/C17H14O2S/c18-20(19)17(14-8-2-1-3-9-14)16-12-6-10-13-7-4-5-11-15(13)16/h1-12,17H,(H,18,19). The summed E-state index contributed by atoms with van der Waals surface area (Å²) in [5.41, 5.74) is 1.74. The molecule has 0 radical (unpaired) electrons. The maximum atomic E-state index is 11.9. The number of hydrogen-bond acceptors (Lipinski definition) is 1. The van der Waals surface area contributed by atoms with Crippen LogP contribution in [0.2, 0.25) is 0 Å². The number of benzene rings is 3. The van der Waals surface area contributed by atoms with Crippen molar-refractivity contribution in [1.82, 2.24) is 0 Å². The third-order valence-corrected chi connectivity index (χ3v) is 4.34. The van der Waals surface area contributed by atoms with Crippen molar-refractivity contribution in [3.05, 3.63) is 83.9 Å². The summed E-state index contributed by atoms with van der Waals surface area (Å²) in [4.78, 5) is 0. The average Bonchev–Trinajstić information content (AvgIpc) is 2.48. The lowest BCUT2D eigenvalue weighted by molar-refractivity contribution is 0.557. The van der Waals surface area contributed by atoms with E-state index >= 15 is 0 Å². The molecule has 0 fully saturated rings. The van der Waals surface area contributed by atoms with Crippen molar-refractivity contribution in [2.45, 2.75) is 5.25 Å². The Morgan fingerprint density at radius 3 is 2.20 bits per heavy atom. The van der Waals surface area contributed by atoms with Gasteiger partial charge in [-0.3, -0.25) is 0 Å². The summed E-state index contributed by atoms with van der Waals surface area (Å²) in [5, 5.41) is 1.57. The van der Waals surface area contributed by atoms with Gasteiger partial charge in [0.05, 0.1) is 0 Å². The molecule has 0 aromatic heterocycles.